The van der Waals surface area contributed by atoms with Crippen LogP contribution in [0.3, 0.4) is 0 Å². The zero-order valence-electron chi connectivity index (χ0n) is 28.5. The van der Waals surface area contributed by atoms with Crippen molar-refractivity contribution in [3.8, 4) is 0 Å². The third-order valence-corrected chi connectivity index (χ3v) is 10.2. The number of carbonyl (C=O) groups is 1. The predicted molar refractivity (Wildman–Crippen MR) is 177 cm³/mol. The lowest BCUT2D eigenvalue weighted by molar-refractivity contribution is -0.139. The van der Waals surface area contributed by atoms with Crippen LogP contribution in [-0.2, 0) is 19.0 Å². The van der Waals surface area contributed by atoms with Gasteiger partial charge in [0.2, 0.25) is 0 Å². The molecule has 3 aliphatic heterocycles. The van der Waals surface area contributed by atoms with Crippen molar-refractivity contribution in [2.45, 2.75) is 216 Å². The van der Waals surface area contributed by atoms with E-state index in [1.807, 2.05) is 13.0 Å². The van der Waals surface area contributed by atoms with E-state index in [0.717, 1.165) is 82.6 Å². The maximum Gasteiger partial charge on any atom is 0.334 e. The minimum absolute atomic E-state index is 0.0121. The predicted octanol–water partition coefficient (Wildman–Crippen LogP) is 6.83. The van der Waals surface area contributed by atoms with Gasteiger partial charge in [-0.25, -0.2) is 4.79 Å². The minimum Gasteiger partial charge on any atom is -0.455 e. The highest BCUT2D eigenvalue weighted by molar-refractivity contribution is 5.90. The Kier molecular flexibility index (Phi) is 18.6. The molecule has 8 heteroatoms. The lowest BCUT2D eigenvalue weighted by atomic mass is 9.98. The van der Waals surface area contributed by atoms with Gasteiger partial charge in [0.15, 0.2) is 0 Å². The summed E-state index contributed by atoms with van der Waals surface area (Å²) in [4.78, 5) is 11.6. The van der Waals surface area contributed by atoms with E-state index in [9.17, 15) is 25.2 Å². The molecule has 0 spiro atoms. The van der Waals surface area contributed by atoms with Crippen LogP contribution in [0.4, 0.5) is 0 Å². The van der Waals surface area contributed by atoms with Crippen LogP contribution in [0.1, 0.15) is 162 Å². The van der Waals surface area contributed by atoms with Crippen LogP contribution in [0.25, 0.3) is 0 Å². The largest absolute Gasteiger partial charge is 0.455 e. The first-order valence-corrected chi connectivity index (χ1v) is 18.7. The second-order valence-corrected chi connectivity index (χ2v) is 14.2. The highest BCUT2D eigenvalue weighted by atomic mass is 16.6. The van der Waals surface area contributed by atoms with E-state index in [4.69, 9.17) is 14.2 Å². The molecule has 8 nitrogen and oxygen atoms in total. The van der Waals surface area contributed by atoms with Crippen molar-refractivity contribution >= 4 is 5.97 Å². The molecule has 2 saturated heterocycles. The van der Waals surface area contributed by atoms with Gasteiger partial charge in [-0.2, -0.15) is 0 Å². The molecule has 0 aromatic heterocycles. The van der Waals surface area contributed by atoms with E-state index >= 15 is 0 Å². The molecule has 0 radical (unpaired) electrons. The van der Waals surface area contributed by atoms with Crippen LogP contribution in [0.5, 0.6) is 0 Å². The van der Waals surface area contributed by atoms with Gasteiger partial charge in [0.05, 0.1) is 48.8 Å². The van der Waals surface area contributed by atoms with Gasteiger partial charge >= 0.3 is 5.97 Å². The van der Waals surface area contributed by atoms with Gasteiger partial charge in [0.25, 0.3) is 0 Å². The van der Waals surface area contributed by atoms with Crippen molar-refractivity contribution in [2.75, 3.05) is 0 Å². The first-order chi connectivity index (χ1) is 21.8. The van der Waals surface area contributed by atoms with Gasteiger partial charge < -0.3 is 34.6 Å². The molecule has 0 aliphatic carbocycles. The molecule has 4 N–H and O–H groups in total. The Morgan fingerprint density at radius 2 is 1.11 bits per heavy atom. The van der Waals surface area contributed by atoms with Crippen LogP contribution in [0.2, 0.25) is 0 Å². The molecule has 0 aromatic carbocycles. The van der Waals surface area contributed by atoms with Crippen molar-refractivity contribution in [3.05, 3.63) is 11.6 Å². The Morgan fingerprint density at radius 1 is 0.644 bits per heavy atom. The summed E-state index contributed by atoms with van der Waals surface area (Å²) in [6, 6.07) is 0. The SMILES string of the molecule is CCCCC[C@@H](O)[C@@H](O)CCC[C@@H](O)[C@@H]1CC[C@H]([C@H]2CC[C@H]([C@H](O)CCCCCCCCCCCCC3=CC(C)OC3=O)O2)O1. The molecular formula is C37H66O8. The molecule has 262 valence electrons. The van der Waals surface area contributed by atoms with Crippen molar-refractivity contribution < 1.29 is 39.4 Å². The van der Waals surface area contributed by atoms with E-state index < -0.39 is 24.4 Å². The molecule has 3 aliphatic rings. The second-order valence-electron chi connectivity index (χ2n) is 14.2. The monoisotopic (exact) mass is 638 g/mol. The summed E-state index contributed by atoms with van der Waals surface area (Å²) in [7, 11) is 0. The number of cyclic esters (lactones) is 1. The Bertz CT molecular complexity index is 833. The standard InChI is InChI=1S/C37H66O8/c1-3-4-13-18-29(38)30(39)20-16-21-32(41)34-23-25-36(45-34)35-24-22-33(44-35)31(40)19-15-12-10-8-6-5-7-9-11-14-17-28-26-27(2)43-37(28)42/h26-27,29-36,38-41H,3-25H2,1-2H3/t27?,29-,30+,31-,32-,33-,34+,35-,36-/m1/s1. The zero-order valence-corrected chi connectivity index (χ0v) is 28.5. The van der Waals surface area contributed by atoms with E-state index in [2.05, 4.69) is 6.92 Å². The summed E-state index contributed by atoms with van der Waals surface area (Å²) in [5, 5.41) is 41.8. The fraction of sp³-hybridized carbons (Fsp3) is 0.919. The first kappa shape index (κ1) is 38.4. The maximum absolute atomic E-state index is 11.6. The van der Waals surface area contributed by atoms with Crippen LogP contribution >= 0.6 is 0 Å². The van der Waals surface area contributed by atoms with E-state index in [1.54, 1.807) is 0 Å². The lowest BCUT2D eigenvalue weighted by Gasteiger charge is -2.24. The smallest absolute Gasteiger partial charge is 0.334 e. The van der Waals surface area contributed by atoms with Gasteiger partial charge in [0.1, 0.15) is 6.10 Å². The summed E-state index contributed by atoms with van der Waals surface area (Å²) in [5.41, 5.74) is 0.857. The number of ether oxygens (including phenoxy) is 3. The van der Waals surface area contributed by atoms with E-state index in [0.29, 0.717) is 25.7 Å². The molecule has 0 saturated carbocycles. The molecule has 3 rings (SSSR count). The molecule has 2 fully saturated rings. The van der Waals surface area contributed by atoms with Crippen molar-refractivity contribution in [3.63, 3.8) is 0 Å². The molecule has 1 unspecified atom stereocenters. The number of aliphatic hydroxyl groups excluding tert-OH is 4. The normalized spacial score (nSPS) is 27.8. The first-order valence-electron chi connectivity index (χ1n) is 18.7. The fourth-order valence-corrected chi connectivity index (χ4v) is 7.29. The van der Waals surface area contributed by atoms with Gasteiger partial charge in [-0.05, 0) is 83.6 Å². The topological polar surface area (TPSA) is 126 Å². The summed E-state index contributed by atoms with van der Waals surface area (Å²) in [6.45, 7) is 4.03. The average Bonchev–Trinajstić information content (AvgIpc) is 3.77. The van der Waals surface area contributed by atoms with Crippen LogP contribution in [0.15, 0.2) is 11.6 Å². The zero-order chi connectivity index (χ0) is 32.4. The summed E-state index contributed by atoms with van der Waals surface area (Å²) < 4.78 is 17.6. The van der Waals surface area contributed by atoms with Crippen LogP contribution < -0.4 is 0 Å². The second kappa shape index (κ2) is 21.8. The van der Waals surface area contributed by atoms with Gasteiger partial charge in [-0.1, -0.05) is 84.0 Å². The fourth-order valence-electron chi connectivity index (χ4n) is 7.29. The molecule has 0 bridgehead atoms. The highest BCUT2D eigenvalue weighted by Crippen LogP contribution is 2.34. The molecule has 0 amide bonds. The molecular weight excluding hydrogens is 572 g/mol. The molecule has 45 heavy (non-hydrogen) atoms. The lowest BCUT2D eigenvalue weighted by Crippen LogP contribution is -2.33. The molecule has 9 atom stereocenters. The third kappa shape index (κ3) is 14.3. The van der Waals surface area contributed by atoms with Gasteiger partial charge in [-0.3, -0.25) is 0 Å². The third-order valence-electron chi connectivity index (χ3n) is 10.2. The summed E-state index contributed by atoms with van der Waals surface area (Å²) in [6.07, 6.45) is 21.5. The molecule has 3 heterocycles. The van der Waals surface area contributed by atoms with Gasteiger partial charge in [-0.15, -0.1) is 0 Å². The number of carbonyl (C=O) groups excluding carboxylic acids is 1. The van der Waals surface area contributed by atoms with E-state index in [1.165, 1.54) is 44.9 Å². The van der Waals surface area contributed by atoms with E-state index in [-0.39, 0.29) is 36.5 Å². The number of esters is 1. The Balaban J connectivity index is 1.14. The Labute approximate surface area is 273 Å². The Morgan fingerprint density at radius 3 is 1.62 bits per heavy atom. The maximum atomic E-state index is 11.6. The quantitative estimate of drug-likeness (QED) is 0.0634. The van der Waals surface area contributed by atoms with Crippen molar-refractivity contribution in [2.24, 2.45) is 0 Å². The Hall–Kier alpha value is -1.03. The summed E-state index contributed by atoms with van der Waals surface area (Å²) in [5.74, 6) is -0.129. The van der Waals surface area contributed by atoms with Crippen molar-refractivity contribution in [1.29, 1.82) is 0 Å². The van der Waals surface area contributed by atoms with Gasteiger partial charge in [0, 0.05) is 5.57 Å². The number of unbranched alkanes of at least 4 members (excludes halogenated alkanes) is 11. The highest BCUT2D eigenvalue weighted by Gasteiger charge is 2.40. The van der Waals surface area contributed by atoms with Crippen LogP contribution in [-0.4, -0.2) is 81.3 Å². The minimum atomic E-state index is -0.729. The number of rotatable bonds is 25. The summed E-state index contributed by atoms with van der Waals surface area (Å²) >= 11 is 0. The number of hydrogen-bond donors (Lipinski definition) is 4. The number of aliphatic hydroxyl groups is 4. The average molecular weight is 639 g/mol. The number of hydrogen-bond acceptors (Lipinski definition) is 8. The van der Waals surface area contributed by atoms with Crippen LogP contribution in [0, 0.1) is 0 Å². The van der Waals surface area contributed by atoms with Crippen molar-refractivity contribution in [1.82, 2.24) is 0 Å². The molecule has 0 aromatic rings.